The first-order valence-electron chi connectivity index (χ1n) is 10.7. The van der Waals surface area contributed by atoms with Crippen LogP contribution in [-0.4, -0.2) is 56.5 Å². The molecule has 0 aliphatic carbocycles. The van der Waals surface area contributed by atoms with E-state index in [0.29, 0.717) is 42.6 Å². The average molecular weight is 455 g/mol. The number of aliphatic hydroxyl groups excluding tert-OH is 1. The maximum absolute atomic E-state index is 13.2. The third-order valence-corrected chi connectivity index (χ3v) is 5.20. The molecule has 0 fully saturated rings. The van der Waals surface area contributed by atoms with Crippen molar-refractivity contribution in [1.29, 1.82) is 0 Å². The lowest BCUT2D eigenvalue weighted by atomic mass is 9.96. The molecular formula is C25H30N2O6. The van der Waals surface area contributed by atoms with E-state index in [-0.39, 0.29) is 25.7 Å². The number of carbonyl (C=O) groups is 1. The first-order chi connectivity index (χ1) is 16.0. The van der Waals surface area contributed by atoms with E-state index < -0.39 is 5.54 Å². The van der Waals surface area contributed by atoms with Gasteiger partial charge in [-0.2, -0.15) is 0 Å². The summed E-state index contributed by atoms with van der Waals surface area (Å²) in [6.07, 6.45) is 2.58. The van der Waals surface area contributed by atoms with E-state index in [1.165, 1.54) is 0 Å². The molecule has 0 spiro atoms. The van der Waals surface area contributed by atoms with Gasteiger partial charge in [0.2, 0.25) is 5.90 Å². The fraction of sp³-hybridized carbons (Fsp3) is 0.360. The summed E-state index contributed by atoms with van der Waals surface area (Å²) >= 11 is 0. The van der Waals surface area contributed by atoms with Crippen molar-refractivity contribution in [1.82, 2.24) is 5.32 Å². The van der Waals surface area contributed by atoms with Crippen LogP contribution >= 0.6 is 0 Å². The lowest BCUT2D eigenvalue weighted by Gasteiger charge is -2.21. The minimum Gasteiger partial charge on any atom is -0.497 e. The van der Waals surface area contributed by atoms with Crippen LogP contribution in [0.25, 0.3) is 0 Å². The van der Waals surface area contributed by atoms with E-state index >= 15 is 0 Å². The second-order valence-corrected chi connectivity index (χ2v) is 7.58. The van der Waals surface area contributed by atoms with Crippen molar-refractivity contribution in [3.05, 3.63) is 66.2 Å². The van der Waals surface area contributed by atoms with E-state index in [0.717, 1.165) is 11.1 Å². The standard InChI is InChI=1S/C25H30N2O6/c1-4-10-25(24(29)26-16-18-13-21(30-2)15-22(14-18)31-3)17-33-23(27-25)19-6-8-20(9-7-19)32-12-5-11-28/h4,6-9,13-15,28H,1,5,10-12,16-17H2,2-3H3,(H,26,29)/t25-/m1/s1. The molecule has 0 saturated carbocycles. The molecule has 0 saturated heterocycles. The Labute approximate surface area is 193 Å². The highest BCUT2D eigenvalue weighted by molar-refractivity contribution is 6.00. The maximum Gasteiger partial charge on any atom is 0.252 e. The maximum atomic E-state index is 13.2. The monoisotopic (exact) mass is 454 g/mol. The fourth-order valence-corrected chi connectivity index (χ4v) is 3.41. The number of aliphatic hydroxyl groups is 1. The Hall–Kier alpha value is -3.52. The van der Waals surface area contributed by atoms with Gasteiger partial charge in [0.25, 0.3) is 5.91 Å². The van der Waals surface area contributed by atoms with Crippen LogP contribution in [0.15, 0.2) is 60.1 Å². The highest BCUT2D eigenvalue weighted by Gasteiger charge is 2.43. The highest BCUT2D eigenvalue weighted by atomic mass is 16.5. The van der Waals surface area contributed by atoms with E-state index in [1.807, 2.05) is 36.4 Å². The van der Waals surface area contributed by atoms with Crippen LogP contribution < -0.4 is 19.5 Å². The normalized spacial score (nSPS) is 17.0. The van der Waals surface area contributed by atoms with E-state index in [9.17, 15) is 4.79 Å². The van der Waals surface area contributed by atoms with Crippen LogP contribution in [0.4, 0.5) is 0 Å². The largest absolute Gasteiger partial charge is 0.497 e. The summed E-state index contributed by atoms with van der Waals surface area (Å²) in [5.41, 5.74) is 0.505. The van der Waals surface area contributed by atoms with Crippen molar-refractivity contribution in [2.75, 3.05) is 34.0 Å². The molecular weight excluding hydrogens is 424 g/mol. The molecule has 33 heavy (non-hydrogen) atoms. The molecule has 8 heteroatoms. The number of hydrogen-bond acceptors (Lipinski definition) is 7. The minimum absolute atomic E-state index is 0.0849. The SMILES string of the molecule is C=CC[C@]1(C(=O)NCc2cc(OC)cc(OC)c2)COC(c2ccc(OCCCO)cc2)=N1. The van der Waals surface area contributed by atoms with Gasteiger partial charge in [0.1, 0.15) is 23.9 Å². The summed E-state index contributed by atoms with van der Waals surface area (Å²) in [5.74, 6) is 2.13. The predicted molar refractivity (Wildman–Crippen MR) is 125 cm³/mol. The Morgan fingerprint density at radius 1 is 1.18 bits per heavy atom. The summed E-state index contributed by atoms with van der Waals surface area (Å²) in [6, 6.07) is 12.7. The molecule has 0 unspecified atom stereocenters. The Morgan fingerprint density at radius 3 is 2.48 bits per heavy atom. The number of methoxy groups -OCH3 is 2. The van der Waals surface area contributed by atoms with Gasteiger partial charge in [-0.1, -0.05) is 6.08 Å². The summed E-state index contributed by atoms with van der Waals surface area (Å²) in [6.45, 7) is 4.72. The van der Waals surface area contributed by atoms with Crippen LogP contribution in [0.2, 0.25) is 0 Å². The molecule has 176 valence electrons. The van der Waals surface area contributed by atoms with Crippen LogP contribution in [0, 0.1) is 0 Å². The molecule has 0 radical (unpaired) electrons. The first kappa shape index (κ1) is 24.1. The summed E-state index contributed by atoms with van der Waals surface area (Å²) in [5, 5.41) is 11.8. The summed E-state index contributed by atoms with van der Waals surface area (Å²) in [7, 11) is 3.16. The number of carbonyl (C=O) groups excluding carboxylic acids is 1. The molecule has 2 aromatic rings. The van der Waals surface area contributed by atoms with Crippen molar-refractivity contribution < 1.29 is 28.8 Å². The zero-order valence-corrected chi connectivity index (χ0v) is 19.0. The number of amides is 1. The van der Waals surface area contributed by atoms with Gasteiger partial charge >= 0.3 is 0 Å². The molecule has 2 N–H and O–H groups in total. The Bertz CT molecular complexity index is 967. The Balaban J connectivity index is 1.72. The lowest BCUT2D eigenvalue weighted by Crippen LogP contribution is -2.46. The number of benzene rings is 2. The molecule has 2 aromatic carbocycles. The molecule has 0 bridgehead atoms. The average Bonchev–Trinajstić information content (AvgIpc) is 3.28. The van der Waals surface area contributed by atoms with Gasteiger partial charge in [-0.05, 0) is 42.0 Å². The summed E-state index contributed by atoms with van der Waals surface area (Å²) < 4.78 is 22.0. The van der Waals surface area contributed by atoms with Gasteiger partial charge in [-0.25, -0.2) is 4.99 Å². The first-order valence-corrected chi connectivity index (χ1v) is 10.7. The molecule has 8 nitrogen and oxygen atoms in total. The number of hydrogen-bond donors (Lipinski definition) is 2. The Kier molecular flexibility index (Phi) is 8.32. The molecule has 1 amide bonds. The third-order valence-electron chi connectivity index (χ3n) is 5.20. The van der Waals surface area contributed by atoms with Crippen LogP contribution in [-0.2, 0) is 16.1 Å². The smallest absolute Gasteiger partial charge is 0.252 e. The molecule has 1 atom stereocenters. The molecule has 0 aromatic heterocycles. The van der Waals surface area contributed by atoms with Crippen LogP contribution in [0.3, 0.4) is 0 Å². The zero-order valence-electron chi connectivity index (χ0n) is 19.0. The Morgan fingerprint density at radius 2 is 1.88 bits per heavy atom. The van der Waals surface area contributed by atoms with Crippen molar-refractivity contribution in [3.63, 3.8) is 0 Å². The molecule has 3 rings (SSSR count). The van der Waals surface area contributed by atoms with Gasteiger partial charge in [-0.3, -0.25) is 4.79 Å². The van der Waals surface area contributed by atoms with E-state index in [4.69, 9.17) is 24.1 Å². The number of rotatable bonds is 12. The lowest BCUT2D eigenvalue weighted by molar-refractivity contribution is -0.126. The van der Waals surface area contributed by atoms with E-state index in [2.05, 4.69) is 16.9 Å². The summed E-state index contributed by atoms with van der Waals surface area (Å²) in [4.78, 5) is 17.8. The number of nitrogens with zero attached hydrogens (tertiary/aromatic N) is 1. The van der Waals surface area contributed by atoms with Crippen molar-refractivity contribution in [3.8, 4) is 17.2 Å². The van der Waals surface area contributed by atoms with Gasteiger partial charge in [-0.15, -0.1) is 6.58 Å². The second kappa shape index (κ2) is 11.4. The van der Waals surface area contributed by atoms with Gasteiger partial charge in [0.05, 0.1) is 20.8 Å². The van der Waals surface area contributed by atoms with Gasteiger partial charge < -0.3 is 29.4 Å². The molecule has 1 aliphatic rings. The minimum atomic E-state index is -1.09. The van der Waals surface area contributed by atoms with Gasteiger partial charge in [0, 0.05) is 37.6 Å². The quantitative estimate of drug-likeness (QED) is 0.378. The van der Waals surface area contributed by atoms with Crippen molar-refractivity contribution in [2.24, 2.45) is 4.99 Å². The van der Waals surface area contributed by atoms with Crippen molar-refractivity contribution in [2.45, 2.75) is 24.9 Å². The number of ether oxygens (including phenoxy) is 4. The van der Waals surface area contributed by atoms with E-state index in [1.54, 1.807) is 26.4 Å². The predicted octanol–water partition coefficient (Wildman–Crippen LogP) is 2.87. The molecule has 1 heterocycles. The van der Waals surface area contributed by atoms with Gasteiger partial charge in [0.15, 0.2) is 5.54 Å². The number of aliphatic imine (C=N–C) groups is 1. The highest BCUT2D eigenvalue weighted by Crippen LogP contribution is 2.28. The van der Waals surface area contributed by atoms with Crippen LogP contribution in [0.1, 0.15) is 24.0 Å². The molecule has 1 aliphatic heterocycles. The fourth-order valence-electron chi connectivity index (χ4n) is 3.41. The third kappa shape index (κ3) is 6.04. The van der Waals surface area contributed by atoms with Crippen molar-refractivity contribution >= 4 is 11.8 Å². The zero-order chi connectivity index (χ0) is 23.7. The van der Waals surface area contributed by atoms with Crippen LogP contribution in [0.5, 0.6) is 17.2 Å². The topological polar surface area (TPSA) is 98.6 Å². The number of nitrogens with one attached hydrogen (secondary N) is 1. The second-order valence-electron chi connectivity index (χ2n) is 7.58.